The van der Waals surface area contributed by atoms with Gasteiger partial charge in [0.15, 0.2) is 0 Å². The van der Waals surface area contributed by atoms with Crippen LogP contribution in [0.4, 0.5) is 0 Å². The Balaban J connectivity index is 1.49. The maximum absolute atomic E-state index is 12.7. The topological polar surface area (TPSA) is 84.3 Å². The fraction of sp³-hybridized carbons (Fsp3) is 0.632. The van der Waals surface area contributed by atoms with Gasteiger partial charge >= 0.3 is 0 Å². The SMILES string of the molecule is Cc1nc(C2CC2)nc2sc(C(=O)NC[C@@H](O)C3CCOCC3)c(C)c12. The summed E-state index contributed by atoms with van der Waals surface area (Å²) in [6, 6.07) is 0. The van der Waals surface area contributed by atoms with Crippen LogP contribution in [0.5, 0.6) is 0 Å². The number of carbonyl (C=O) groups excluding carboxylic acids is 1. The highest BCUT2D eigenvalue weighted by molar-refractivity contribution is 7.20. The van der Waals surface area contributed by atoms with Crippen LogP contribution < -0.4 is 5.32 Å². The lowest BCUT2D eigenvalue weighted by molar-refractivity contribution is 0.00874. The molecule has 2 aromatic heterocycles. The number of aryl methyl sites for hydroxylation is 2. The van der Waals surface area contributed by atoms with Gasteiger partial charge in [-0.15, -0.1) is 11.3 Å². The molecule has 1 saturated heterocycles. The van der Waals surface area contributed by atoms with Crippen molar-refractivity contribution in [1.82, 2.24) is 15.3 Å². The number of nitrogens with one attached hydrogen (secondary N) is 1. The number of ether oxygens (including phenoxy) is 1. The molecule has 0 spiro atoms. The summed E-state index contributed by atoms with van der Waals surface area (Å²) in [5.41, 5.74) is 1.88. The van der Waals surface area contributed by atoms with Crippen molar-refractivity contribution in [1.29, 1.82) is 0 Å². The Morgan fingerprint density at radius 2 is 2.00 bits per heavy atom. The molecule has 140 valence electrons. The third-order valence-corrected chi connectivity index (χ3v) is 6.60. The van der Waals surface area contributed by atoms with E-state index in [0.29, 0.717) is 24.0 Å². The van der Waals surface area contributed by atoms with Gasteiger partial charge in [-0.3, -0.25) is 4.79 Å². The molecule has 2 fully saturated rings. The monoisotopic (exact) mass is 375 g/mol. The van der Waals surface area contributed by atoms with E-state index < -0.39 is 6.10 Å². The molecule has 1 saturated carbocycles. The van der Waals surface area contributed by atoms with Crippen LogP contribution in [0.2, 0.25) is 0 Å². The highest BCUT2D eigenvalue weighted by Gasteiger charge is 2.29. The van der Waals surface area contributed by atoms with Gasteiger partial charge in [-0.25, -0.2) is 9.97 Å². The van der Waals surface area contributed by atoms with Crippen molar-refractivity contribution in [2.75, 3.05) is 19.8 Å². The minimum Gasteiger partial charge on any atom is -0.391 e. The number of carbonyl (C=O) groups is 1. The number of aliphatic hydroxyl groups excluding tert-OH is 1. The van der Waals surface area contributed by atoms with Crippen LogP contribution in [0.1, 0.15) is 58.4 Å². The van der Waals surface area contributed by atoms with Crippen molar-refractivity contribution >= 4 is 27.5 Å². The van der Waals surface area contributed by atoms with Crippen molar-refractivity contribution in [3.05, 3.63) is 22.0 Å². The Bertz CT molecular complexity index is 825. The van der Waals surface area contributed by atoms with Crippen molar-refractivity contribution in [2.24, 2.45) is 5.92 Å². The molecule has 3 heterocycles. The number of thiophene rings is 1. The van der Waals surface area contributed by atoms with Gasteiger partial charge in [0.25, 0.3) is 5.91 Å². The van der Waals surface area contributed by atoms with Gasteiger partial charge in [0, 0.05) is 31.1 Å². The average Bonchev–Trinajstić information content (AvgIpc) is 3.44. The molecule has 2 aliphatic rings. The van der Waals surface area contributed by atoms with Gasteiger partial charge in [-0.1, -0.05) is 0 Å². The molecule has 2 aromatic rings. The van der Waals surface area contributed by atoms with Gasteiger partial charge in [0.05, 0.1) is 16.7 Å². The van der Waals surface area contributed by atoms with Crippen LogP contribution in [0.3, 0.4) is 0 Å². The van der Waals surface area contributed by atoms with Gasteiger partial charge < -0.3 is 15.2 Å². The first-order chi connectivity index (χ1) is 12.5. The first-order valence-electron chi connectivity index (χ1n) is 9.36. The lowest BCUT2D eigenvalue weighted by Gasteiger charge is -2.26. The summed E-state index contributed by atoms with van der Waals surface area (Å²) in [6.45, 7) is 5.59. The van der Waals surface area contributed by atoms with Crippen LogP contribution in [0.25, 0.3) is 10.2 Å². The van der Waals surface area contributed by atoms with E-state index in [-0.39, 0.29) is 18.4 Å². The summed E-state index contributed by atoms with van der Waals surface area (Å²) in [4.78, 5) is 23.6. The maximum atomic E-state index is 12.7. The summed E-state index contributed by atoms with van der Waals surface area (Å²) in [6.07, 6.45) is 3.48. The smallest absolute Gasteiger partial charge is 0.261 e. The van der Waals surface area contributed by atoms with Crippen molar-refractivity contribution in [3.8, 4) is 0 Å². The molecule has 0 radical (unpaired) electrons. The molecule has 6 nitrogen and oxygen atoms in total. The maximum Gasteiger partial charge on any atom is 0.261 e. The van der Waals surface area contributed by atoms with Gasteiger partial charge in [0.2, 0.25) is 0 Å². The summed E-state index contributed by atoms with van der Waals surface area (Å²) < 4.78 is 5.33. The lowest BCUT2D eigenvalue weighted by Crippen LogP contribution is -2.38. The van der Waals surface area contributed by atoms with Crippen LogP contribution in [-0.2, 0) is 4.74 Å². The average molecular weight is 375 g/mol. The van der Waals surface area contributed by atoms with Gasteiger partial charge in [0.1, 0.15) is 10.7 Å². The lowest BCUT2D eigenvalue weighted by atomic mass is 9.94. The molecule has 0 unspecified atom stereocenters. The van der Waals surface area contributed by atoms with E-state index in [1.165, 1.54) is 11.3 Å². The third-order valence-electron chi connectivity index (χ3n) is 5.42. The number of fused-ring (bicyclic) bond motifs is 1. The van der Waals surface area contributed by atoms with E-state index in [4.69, 9.17) is 9.72 Å². The zero-order valence-corrected chi connectivity index (χ0v) is 16.1. The fourth-order valence-corrected chi connectivity index (χ4v) is 4.80. The Morgan fingerprint density at radius 1 is 1.27 bits per heavy atom. The molecular weight excluding hydrogens is 350 g/mol. The minimum absolute atomic E-state index is 0.135. The van der Waals surface area contributed by atoms with E-state index in [2.05, 4.69) is 10.3 Å². The standard InChI is InChI=1S/C19H25N3O3S/c1-10-15-11(2)21-17(13-3-4-13)22-19(15)26-16(10)18(24)20-9-14(23)12-5-7-25-8-6-12/h12-14,23H,3-9H2,1-2H3,(H,20,24)/t14-/m1/s1. The number of hydrogen-bond acceptors (Lipinski definition) is 6. The Kier molecular flexibility index (Phi) is 4.94. The molecular formula is C19H25N3O3S. The summed E-state index contributed by atoms with van der Waals surface area (Å²) in [5.74, 6) is 1.47. The van der Waals surface area contributed by atoms with E-state index in [9.17, 15) is 9.90 Å². The molecule has 4 rings (SSSR count). The molecule has 26 heavy (non-hydrogen) atoms. The van der Waals surface area contributed by atoms with E-state index >= 15 is 0 Å². The zero-order valence-electron chi connectivity index (χ0n) is 15.2. The number of aliphatic hydroxyl groups is 1. The molecule has 0 aromatic carbocycles. The Morgan fingerprint density at radius 3 is 2.69 bits per heavy atom. The predicted octanol–water partition coefficient (Wildman–Crippen LogP) is 2.70. The molecule has 1 amide bonds. The number of amides is 1. The predicted molar refractivity (Wildman–Crippen MR) is 101 cm³/mol. The van der Waals surface area contributed by atoms with Crippen LogP contribution in [-0.4, -0.2) is 46.8 Å². The van der Waals surface area contributed by atoms with E-state index in [0.717, 1.165) is 53.0 Å². The molecule has 1 aliphatic heterocycles. The zero-order chi connectivity index (χ0) is 18.3. The first kappa shape index (κ1) is 17.8. The molecule has 7 heteroatoms. The van der Waals surface area contributed by atoms with Crippen molar-refractivity contribution < 1.29 is 14.6 Å². The summed E-state index contributed by atoms with van der Waals surface area (Å²) >= 11 is 1.43. The molecule has 0 bridgehead atoms. The Hall–Kier alpha value is -1.57. The normalized spacial score (nSPS) is 19.7. The van der Waals surface area contributed by atoms with E-state index in [1.807, 2.05) is 13.8 Å². The summed E-state index contributed by atoms with van der Waals surface area (Å²) in [5, 5.41) is 14.2. The van der Waals surface area contributed by atoms with Gasteiger partial charge in [-0.05, 0) is 51.0 Å². The number of nitrogens with zero attached hydrogens (tertiary/aromatic N) is 2. The largest absolute Gasteiger partial charge is 0.391 e. The van der Waals surface area contributed by atoms with Gasteiger partial charge in [-0.2, -0.15) is 0 Å². The number of hydrogen-bond donors (Lipinski definition) is 2. The van der Waals surface area contributed by atoms with Crippen molar-refractivity contribution in [3.63, 3.8) is 0 Å². The quantitative estimate of drug-likeness (QED) is 0.839. The second kappa shape index (κ2) is 7.21. The number of aromatic nitrogens is 2. The molecule has 2 N–H and O–H groups in total. The first-order valence-corrected chi connectivity index (χ1v) is 10.2. The van der Waals surface area contributed by atoms with E-state index in [1.54, 1.807) is 0 Å². The second-order valence-corrected chi connectivity index (χ2v) is 8.40. The molecule has 1 atom stereocenters. The van der Waals surface area contributed by atoms with Crippen molar-refractivity contribution in [2.45, 2.75) is 51.6 Å². The summed E-state index contributed by atoms with van der Waals surface area (Å²) in [7, 11) is 0. The number of rotatable bonds is 5. The molecule has 1 aliphatic carbocycles. The van der Waals surface area contributed by atoms with Crippen LogP contribution >= 0.6 is 11.3 Å². The van der Waals surface area contributed by atoms with Crippen LogP contribution in [0.15, 0.2) is 0 Å². The highest BCUT2D eigenvalue weighted by atomic mass is 32.1. The fourth-order valence-electron chi connectivity index (χ4n) is 3.65. The second-order valence-electron chi connectivity index (χ2n) is 7.41. The minimum atomic E-state index is -0.527. The Labute approximate surface area is 157 Å². The van der Waals surface area contributed by atoms with Crippen LogP contribution in [0, 0.1) is 19.8 Å². The third kappa shape index (κ3) is 3.48. The highest BCUT2D eigenvalue weighted by Crippen LogP contribution is 2.40.